The van der Waals surface area contributed by atoms with Gasteiger partial charge in [-0.2, -0.15) is 0 Å². The Hall–Kier alpha value is -7.49. The van der Waals surface area contributed by atoms with Crippen molar-refractivity contribution in [3.63, 3.8) is 0 Å². The van der Waals surface area contributed by atoms with Gasteiger partial charge in [0.05, 0.1) is 22.1 Å². The topological polar surface area (TPSA) is 22.8 Å². The molecule has 0 unspecified atom stereocenters. The van der Waals surface area contributed by atoms with Gasteiger partial charge in [0.25, 0.3) is 0 Å². The Balaban J connectivity index is 0.867. The van der Waals surface area contributed by atoms with E-state index in [1.165, 1.54) is 65.9 Å². The van der Waals surface area contributed by atoms with Crippen molar-refractivity contribution < 1.29 is 0 Å². The Labute approximate surface area is 325 Å². The molecule has 11 aromatic rings. The Morgan fingerprint density at radius 3 is 0.929 bits per heavy atom. The van der Waals surface area contributed by atoms with Gasteiger partial charge in [0.15, 0.2) is 0 Å². The first-order valence-corrected chi connectivity index (χ1v) is 19.1. The van der Waals surface area contributed by atoms with E-state index in [-0.39, 0.29) is 0 Å². The molecule has 0 saturated heterocycles. The SMILES string of the molecule is c1cc(-c2ccc(-c3cncc(-c4ccc(-c5cccc(-n6c7ccccc7c7ccccc76)c5)cc4)c3)cc2)cc(-n2c3ccccc3c3ccccc32)c1. The van der Waals surface area contributed by atoms with Crippen molar-refractivity contribution in [2.45, 2.75) is 0 Å². The van der Waals surface area contributed by atoms with Crippen LogP contribution in [0.15, 0.2) is 213 Å². The lowest BCUT2D eigenvalue weighted by atomic mass is 9.97. The van der Waals surface area contributed by atoms with Crippen molar-refractivity contribution in [3.05, 3.63) is 213 Å². The highest BCUT2D eigenvalue weighted by atomic mass is 15.0. The molecule has 3 aromatic heterocycles. The molecule has 0 radical (unpaired) electrons. The molecule has 3 nitrogen and oxygen atoms in total. The van der Waals surface area contributed by atoms with Crippen LogP contribution in [-0.2, 0) is 0 Å². The number of hydrogen-bond acceptors (Lipinski definition) is 1. The largest absolute Gasteiger partial charge is 0.309 e. The van der Waals surface area contributed by atoms with Gasteiger partial charge in [-0.25, -0.2) is 0 Å². The number of pyridine rings is 1. The van der Waals surface area contributed by atoms with E-state index >= 15 is 0 Å². The quantitative estimate of drug-likeness (QED) is 0.168. The van der Waals surface area contributed by atoms with Crippen LogP contribution in [0.2, 0.25) is 0 Å². The Kier molecular flexibility index (Phi) is 7.49. The molecular weight excluding hydrogens is 679 g/mol. The number of benzene rings is 8. The predicted molar refractivity (Wildman–Crippen MR) is 235 cm³/mol. The molecule has 8 aromatic carbocycles. The van der Waals surface area contributed by atoms with Crippen LogP contribution in [0.25, 0.3) is 99.5 Å². The Morgan fingerprint density at radius 2 is 0.571 bits per heavy atom. The molecule has 262 valence electrons. The molecule has 0 aliphatic heterocycles. The number of hydrogen-bond donors (Lipinski definition) is 0. The van der Waals surface area contributed by atoms with Gasteiger partial charge in [-0.15, -0.1) is 0 Å². The Bertz CT molecular complexity index is 2910. The van der Waals surface area contributed by atoms with E-state index in [0.29, 0.717) is 0 Å². The highest BCUT2D eigenvalue weighted by Crippen LogP contribution is 2.36. The second kappa shape index (κ2) is 13.1. The van der Waals surface area contributed by atoms with Crippen LogP contribution < -0.4 is 0 Å². The lowest BCUT2D eigenvalue weighted by molar-refractivity contribution is 1.18. The van der Waals surface area contributed by atoms with E-state index < -0.39 is 0 Å². The molecule has 3 heterocycles. The fraction of sp³-hybridized carbons (Fsp3) is 0. The number of para-hydroxylation sites is 4. The molecule has 0 aliphatic carbocycles. The average Bonchev–Trinajstić information content (AvgIpc) is 3.80. The van der Waals surface area contributed by atoms with Gasteiger partial charge in [-0.3, -0.25) is 4.98 Å². The number of rotatable bonds is 6. The second-order valence-corrected chi connectivity index (χ2v) is 14.5. The number of nitrogens with zero attached hydrogens (tertiary/aromatic N) is 3. The van der Waals surface area contributed by atoms with Gasteiger partial charge in [0.1, 0.15) is 0 Å². The predicted octanol–water partition coefficient (Wildman–Crippen LogP) is 13.9. The standard InChI is InChI=1S/C53H35N3/c1-5-19-50-46(15-1)47-16-2-6-20-51(47)55(50)44-13-9-11-40(32-44)36-23-27-38(28-24-36)42-31-43(35-54-34-42)39-29-25-37(26-30-39)41-12-10-14-45(33-41)56-52-21-7-3-17-48(52)49-18-4-8-22-53(49)56/h1-35H. The summed E-state index contributed by atoms with van der Waals surface area (Å²) in [6.07, 6.45) is 3.91. The monoisotopic (exact) mass is 713 g/mol. The summed E-state index contributed by atoms with van der Waals surface area (Å²) in [5, 5.41) is 5.08. The molecule has 0 spiro atoms. The second-order valence-electron chi connectivity index (χ2n) is 14.5. The van der Waals surface area contributed by atoms with Gasteiger partial charge < -0.3 is 9.13 Å². The normalized spacial score (nSPS) is 11.6. The van der Waals surface area contributed by atoms with Gasteiger partial charge in [-0.1, -0.05) is 146 Å². The number of aromatic nitrogens is 3. The molecule has 0 N–H and O–H groups in total. The summed E-state index contributed by atoms with van der Waals surface area (Å²) in [6, 6.07) is 72.2. The first-order chi connectivity index (χ1) is 27.8. The molecule has 0 aliphatic rings. The fourth-order valence-electron chi connectivity index (χ4n) is 8.52. The molecule has 11 rings (SSSR count). The van der Waals surface area contributed by atoms with Gasteiger partial charge in [0, 0.05) is 56.4 Å². The van der Waals surface area contributed by atoms with E-state index in [1.54, 1.807) is 0 Å². The molecule has 3 heteroatoms. The van der Waals surface area contributed by atoms with E-state index in [2.05, 4.69) is 214 Å². The zero-order valence-electron chi connectivity index (χ0n) is 30.5. The first-order valence-electron chi connectivity index (χ1n) is 19.1. The Morgan fingerprint density at radius 1 is 0.250 bits per heavy atom. The molecule has 56 heavy (non-hydrogen) atoms. The molecular formula is C53H35N3. The smallest absolute Gasteiger partial charge is 0.0541 e. The van der Waals surface area contributed by atoms with Crippen LogP contribution in [0.5, 0.6) is 0 Å². The summed E-state index contributed by atoms with van der Waals surface area (Å²) in [6.45, 7) is 0. The molecule has 0 saturated carbocycles. The third-order valence-electron chi connectivity index (χ3n) is 11.2. The lowest BCUT2D eigenvalue weighted by Gasteiger charge is -2.11. The van der Waals surface area contributed by atoms with Crippen molar-refractivity contribution in [1.82, 2.24) is 14.1 Å². The van der Waals surface area contributed by atoms with Gasteiger partial charge >= 0.3 is 0 Å². The third-order valence-corrected chi connectivity index (χ3v) is 11.2. The summed E-state index contributed by atoms with van der Waals surface area (Å²) >= 11 is 0. The maximum absolute atomic E-state index is 4.67. The van der Waals surface area contributed by atoms with Crippen molar-refractivity contribution >= 4 is 43.6 Å². The summed E-state index contributed by atoms with van der Waals surface area (Å²) in [7, 11) is 0. The third kappa shape index (κ3) is 5.32. The van der Waals surface area contributed by atoms with Crippen LogP contribution in [-0.4, -0.2) is 14.1 Å². The maximum Gasteiger partial charge on any atom is 0.0541 e. The lowest BCUT2D eigenvalue weighted by Crippen LogP contribution is -1.94. The first kappa shape index (κ1) is 32.0. The summed E-state index contributed by atoms with van der Waals surface area (Å²) in [5.41, 5.74) is 16.4. The van der Waals surface area contributed by atoms with Crippen molar-refractivity contribution in [3.8, 4) is 55.9 Å². The highest BCUT2D eigenvalue weighted by Gasteiger charge is 2.14. The van der Waals surface area contributed by atoms with Gasteiger partial charge in [-0.05, 0) is 88.0 Å². The zero-order chi connectivity index (χ0) is 37.0. The van der Waals surface area contributed by atoms with Crippen LogP contribution in [0, 0.1) is 0 Å². The maximum atomic E-state index is 4.67. The molecule has 0 bridgehead atoms. The zero-order valence-corrected chi connectivity index (χ0v) is 30.5. The van der Waals surface area contributed by atoms with Crippen LogP contribution in [0.4, 0.5) is 0 Å². The van der Waals surface area contributed by atoms with Crippen molar-refractivity contribution in [2.24, 2.45) is 0 Å². The van der Waals surface area contributed by atoms with E-state index in [0.717, 1.165) is 33.6 Å². The fourth-order valence-corrected chi connectivity index (χ4v) is 8.52. The van der Waals surface area contributed by atoms with Crippen LogP contribution >= 0.6 is 0 Å². The minimum Gasteiger partial charge on any atom is -0.309 e. The molecule has 0 atom stereocenters. The van der Waals surface area contributed by atoms with Crippen molar-refractivity contribution in [2.75, 3.05) is 0 Å². The number of fused-ring (bicyclic) bond motifs is 6. The summed E-state index contributed by atoms with van der Waals surface area (Å²) < 4.78 is 4.74. The minimum atomic E-state index is 1.09. The van der Waals surface area contributed by atoms with Crippen LogP contribution in [0.3, 0.4) is 0 Å². The van der Waals surface area contributed by atoms with E-state index in [4.69, 9.17) is 0 Å². The van der Waals surface area contributed by atoms with Crippen LogP contribution in [0.1, 0.15) is 0 Å². The minimum absolute atomic E-state index is 1.09. The molecule has 0 fully saturated rings. The molecule has 0 amide bonds. The highest BCUT2D eigenvalue weighted by molar-refractivity contribution is 6.10. The summed E-state index contributed by atoms with van der Waals surface area (Å²) in [4.78, 5) is 4.67. The van der Waals surface area contributed by atoms with Crippen molar-refractivity contribution in [1.29, 1.82) is 0 Å². The average molecular weight is 714 g/mol. The van der Waals surface area contributed by atoms with E-state index in [1.807, 2.05) is 12.4 Å². The van der Waals surface area contributed by atoms with Gasteiger partial charge in [0.2, 0.25) is 0 Å². The van der Waals surface area contributed by atoms with E-state index in [9.17, 15) is 0 Å². The summed E-state index contributed by atoms with van der Waals surface area (Å²) in [5.74, 6) is 0.